The van der Waals surface area contributed by atoms with Crippen LogP contribution < -0.4 is 4.74 Å². The van der Waals surface area contributed by atoms with Crippen molar-refractivity contribution in [3.8, 4) is 5.75 Å². The molecule has 4 nitrogen and oxygen atoms in total. The molecule has 0 aliphatic heterocycles. The predicted molar refractivity (Wildman–Crippen MR) is 78.0 cm³/mol. The third-order valence-electron chi connectivity index (χ3n) is 3.26. The van der Waals surface area contributed by atoms with Crippen molar-refractivity contribution >= 4 is 12.2 Å². The summed E-state index contributed by atoms with van der Waals surface area (Å²) in [5.74, 6) is 1.68. The molecule has 1 heterocycles. The van der Waals surface area contributed by atoms with E-state index in [1.54, 1.807) is 0 Å². The van der Waals surface area contributed by atoms with Gasteiger partial charge in [0.15, 0.2) is 16.7 Å². The zero-order valence-corrected chi connectivity index (χ0v) is 12.5. The molecule has 0 aliphatic carbocycles. The average Bonchev–Trinajstić information content (AvgIpc) is 2.75. The fourth-order valence-electron chi connectivity index (χ4n) is 1.99. The first-order valence-corrected chi connectivity index (χ1v) is 6.82. The predicted octanol–water partition coefficient (Wildman–Crippen LogP) is 3.72. The van der Waals surface area contributed by atoms with Crippen LogP contribution in [-0.4, -0.2) is 14.8 Å². The zero-order valence-electron chi connectivity index (χ0n) is 11.7. The molecule has 0 fully saturated rings. The van der Waals surface area contributed by atoms with Gasteiger partial charge in [-0.2, -0.15) is 5.10 Å². The Morgan fingerprint density at radius 2 is 2.11 bits per heavy atom. The molecule has 2 rings (SSSR count). The highest BCUT2D eigenvalue weighted by molar-refractivity contribution is 7.71. The van der Waals surface area contributed by atoms with Gasteiger partial charge in [-0.15, -0.1) is 0 Å². The summed E-state index contributed by atoms with van der Waals surface area (Å²) in [4.78, 5) is 0. The molecule has 0 saturated heterocycles. The number of benzene rings is 1. The second-order valence-corrected chi connectivity index (χ2v) is 5.02. The van der Waals surface area contributed by atoms with Gasteiger partial charge in [-0.05, 0) is 63.2 Å². The SMILES string of the molecule is CCn1c(C(C)Oc2ccc(C)c(C)c2)n[nH]c1=S. The molecule has 1 aromatic heterocycles. The largest absolute Gasteiger partial charge is 0.483 e. The topological polar surface area (TPSA) is 42.8 Å². The zero-order chi connectivity index (χ0) is 14.0. The molecule has 0 radical (unpaired) electrons. The molecule has 0 saturated carbocycles. The number of rotatable bonds is 4. The molecule has 0 spiro atoms. The molecule has 1 unspecified atom stereocenters. The fourth-order valence-corrected chi connectivity index (χ4v) is 2.26. The standard InChI is InChI=1S/C14H19N3OS/c1-5-17-13(15-16-14(17)19)11(4)18-12-7-6-9(2)10(3)8-12/h6-8,11H,5H2,1-4H3,(H,16,19). The van der Waals surface area contributed by atoms with Crippen LogP contribution in [-0.2, 0) is 6.54 Å². The van der Waals surface area contributed by atoms with Crippen molar-refractivity contribution in [1.29, 1.82) is 0 Å². The minimum absolute atomic E-state index is 0.144. The number of hydrogen-bond acceptors (Lipinski definition) is 3. The first kappa shape index (κ1) is 13.8. The summed E-state index contributed by atoms with van der Waals surface area (Å²) < 4.78 is 8.52. The van der Waals surface area contributed by atoms with Crippen LogP contribution in [0.3, 0.4) is 0 Å². The summed E-state index contributed by atoms with van der Waals surface area (Å²) in [5, 5.41) is 7.05. The summed E-state index contributed by atoms with van der Waals surface area (Å²) in [6.07, 6.45) is -0.144. The van der Waals surface area contributed by atoms with E-state index in [0.29, 0.717) is 4.77 Å². The first-order valence-electron chi connectivity index (χ1n) is 6.42. The Hall–Kier alpha value is -1.62. The van der Waals surface area contributed by atoms with Gasteiger partial charge >= 0.3 is 0 Å². The lowest BCUT2D eigenvalue weighted by Crippen LogP contribution is -2.11. The van der Waals surface area contributed by atoms with Gasteiger partial charge < -0.3 is 9.30 Å². The van der Waals surface area contributed by atoms with E-state index >= 15 is 0 Å². The Balaban J connectivity index is 2.22. The van der Waals surface area contributed by atoms with Gasteiger partial charge in [0.1, 0.15) is 5.75 Å². The normalized spacial score (nSPS) is 12.4. The molecule has 1 aromatic carbocycles. The summed E-state index contributed by atoms with van der Waals surface area (Å²) in [6.45, 7) is 8.97. The molecule has 19 heavy (non-hydrogen) atoms. The maximum Gasteiger partial charge on any atom is 0.195 e. The molecule has 1 atom stereocenters. The Morgan fingerprint density at radius 3 is 2.74 bits per heavy atom. The minimum atomic E-state index is -0.144. The van der Waals surface area contributed by atoms with E-state index in [1.165, 1.54) is 11.1 Å². The number of aryl methyl sites for hydroxylation is 2. The fraction of sp³-hybridized carbons (Fsp3) is 0.429. The van der Waals surface area contributed by atoms with Crippen LogP contribution in [0.2, 0.25) is 0 Å². The number of hydrogen-bond donors (Lipinski definition) is 1. The number of ether oxygens (including phenoxy) is 1. The van der Waals surface area contributed by atoms with Gasteiger partial charge in [-0.25, -0.2) is 0 Å². The smallest absolute Gasteiger partial charge is 0.195 e. The van der Waals surface area contributed by atoms with Crippen molar-refractivity contribution < 1.29 is 4.74 Å². The van der Waals surface area contributed by atoms with Crippen molar-refractivity contribution in [2.24, 2.45) is 0 Å². The quantitative estimate of drug-likeness (QED) is 0.866. The van der Waals surface area contributed by atoms with E-state index in [0.717, 1.165) is 18.1 Å². The van der Waals surface area contributed by atoms with Crippen LogP contribution >= 0.6 is 12.2 Å². The van der Waals surface area contributed by atoms with Crippen molar-refractivity contribution in [3.05, 3.63) is 39.9 Å². The molecular formula is C14H19N3OS. The summed E-state index contributed by atoms with van der Waals surface area (Å²) in [6, 6.07) is 6.09. The van der Waals surface area contributed by atoms with E-state index in [-0.39, 0.29) is 6.10 Å². The Bertz CT molecular complexity index is 630. The van der Waals surface area contributed by atoms with Gasteiger partial charge in [-0.1, -0.05) is 6.07 Å². The molecule has 0 aliphatic rings. The van der Waals surface area contributed by atoms with Gasteiger partial charge in [0.25, 0.3) is 0 Å². The van der Waals surface area contributed by atoms with Crippen LogP contribution in [0.25, 0.3) is 0 Å². The summed E-state index contributed by atoms with van der Waals surface area (Å²) in [7, 11) is 0. The molecule has 1 N–H and O–H groups in total. The highest BCUT2D eigenvalue weighted by Crippen LogP contribution is 2.22. The van der Waals surface area contributed by atoms with Crippen LogP contribution in [0.15, 0.2) is 18.2 Å². The van der Waals surface area contributed by atoms with Crippen LogP contribution in [0.1, 0.15) is 36.9 Å². The van der Waals surface area contributed by atoms with Crippen LogP contribution in [0, 0.1) is 18.6 Å². The molecule has 5 heteroatoms. The minimum Gasteiger partial charge on any atom is -0.483 e. The number of H-pyrrole nitrogens is 1. The number of nitrogens with zero attached hydrogens (tertiary/aromatic N) is 2. The second-order valence-electron chi connectivity index (χ2n) is 4.64. The Morgan fingerprint density at radius 1 is 1.37 bits per heavy atom. The van der Waals surface area contributed by atoms with E-state index in [9.17, 15) is 0 Å². The maximum atomic E-state index is 5.94. The highest BCUT2D eigenvalue weighted by atomic mass is 32.1. The second kappa shape index (κ2) is 5.57. The lowest BCUT2D eigenvalue weighted by atomic mass is 10.1. The number of nitrogens with one attached hydrogen (secondary N) is 1. The molecular weight excluding hydrogens is 258 g/mol. The average molecular weight is 277 g/mol. The number of aromatic amines is 1. The molecule has 2 aromatic rings. The van der Waals surface area contributed by atoms with Crippen LogP contribution in [0.4, 0.5) is 0 Å². The summed E-state index contributed by atoms with van der Waals surface area (Å²) >= 11 is 5.18. The van der Waals surface area contributed by atoms with E-state index in [2.05, 4.69) is 30.1 Å². The van der Waals surface area contributed by atoms with Crippen LogP contribution in [0.5, 0.6) is 5.75 Å². The Labute approximate surface area is 118 Å². The third kappa shape index (κ3) is 2.87. The van der Waals surface area contributed by atoms with E-state index in [1.807, 2.05) is 30.5 Å². The van der Waals surface area contributed by atoms with Gasteiger partial charge in [0.2, 0.25) is 0 Å². The maximum absolute atomic E-state index is 5.94. The highest BCUT2D eigenvalue weighted by Gasteiger charge is 2.15. The van der Waals surface area contributed by atoms with Gasteiger partial charge in [0, 0.05) is 6.54 Å². The first-order chi connectivity index (χ1) is 9.02. The van der Waals surface area contributed by atoms with Crippen molar-refractivity contribution in [2.75, 3.05) is 0 Å². The molecule has 0 bridgehead atoms. The third-order valence-corrected chi connectivity index (χ3v) is 3.57. The van der Waals surface area contributed by atoms with Gasteiger partial charge in [-0.3, -0.25) is 5.10 Å². The van der Waals surface area contributed by atoms with Crippen molar-refractivity contribution in [2.45, 2.75) is 40.3 Å². The summed E-state index contributed by atoms with van der Waals surface area (Å²) in [5.41, 5.74) is 2.48. The van der Waals surface area contributed by atoms with Crippen molar-refractivity contribution in [3.63, 3.8) is 0 Å². The number of aromatic nitrogens is 3. The lowest BCUT2D eigenvalue weighted by molar-refractivity contribution is 0.210. The van der Waals surface area contributed by atoms with Crippen molar-refractivity contribution in [1.82, 2.24) is 14.8 Å². The van der Waals surface area contributed by atoms with E-state index in [4.69, 9.17) is 17.0 Å². The van der Waals surface area contributed by atoms with Gasteiger partial charge in [0.05, 0.1) is 0 Å². The Kier molecular flexibility index (Phi) is 4.04. The van der Waals surface area contributed by atoms with E-state index < -0.39 is 0 Å². The molecule has 0 amide bonds. The lowest BCUT2D eigenvalue weighted by Gasteiger charge is -2.15. The monoisotopic (exact) mass is 277 g/mol. The molecule has 102 valence electrons.